The van der Waals surface area contributed by atoms with E-state index in [2.05, 4.69) is 28.3 Å². The summed E-state index contributed by atoms with van der Waals surface area (Å²) in [6, 6.07) is 6.59. The summed E-state index contributed by atoms with van der Waals surface area (Å²) in [5.41, 5.74) is 9.73. The van der Waals surface area contributed by atoms with Crippen molar-refractivity contribution in [2.45, 2.75) is 50.5 Å². The maximum absolute atomic E-state index is 12.5. The Bertz CT molecular complexity index is 834. The Kier molecular flexibility index (Phi) is 6.08. The van der Waals surface area contributed by atoms with Crippen molar-refractivity contribution in [1.82, 2.24) is 16.2 Å². The number of hydrazine groups is 1. The Balaban J connectivity index is 1.48. The van der Waals surface area contributed by atoms with Crippen LogP contribution in [0.25, 0.3) is 0 Å². The average molecular weight is 431 g/mol. The lowest BCUT2D eigenvalue weighted by atomic mass is 9.78. The van der Waals surface area contributed by atoms with E-state index in [0.29, 0.717) is 38.3 Å². The Morgan fingerprint density at radius 2 is 1.97 bits per heavy atom. The van der Waals surface area contributed by atoms with E-state index in [9.17, 15) is 9.59 Å². The van der Waals surface area contributed by atoms with Crippen molar-refractivity contribution in [2.24, 2.45) is 5.92 Å². The second-order valence-corrected chi connectivity index (χ2v) is 8.73. The SMILES string of the molecule is O=C1NCCCOC2CCC3NNC(c4cc(cc(N5CCOCC5=O)c4)CO1)C3C2. The molecule has 5 rings (SSSR count). The van der Waals surface area contributed by atoms with Gasteiger partial charge in [0.25, 0.3) is 5.91 Å². The number of amides is 2. The number of benzene rings is 1. The number of cyclic esters (lactones) is 1. The van der Waals surface area contributed by atoms with E-state index in [1.54, 1.807) is 4.90 Å². The number of hydrogen-bond donors (Lipinski definition) is 3. The van der Waals surface area contributed by atoms with Crippen LogP contribution in [-0.4, -0.2) is 57.1 Å². The van der Waals surface area contributed by atoms with Gasteiger partial charge in [0.15, 0.2) is 0 Å². The van der Waals surface area contributed by atoms with Crippen molar-refractivity contribution in [3.63, 3.8) is 0 Å². The van der Waals surface area contributed by atoms with Gasteiger partial charge in [-0.15, -0.1) is 0 Å². The van der Waals surface area contributed by atoms with Crippen molar-refractivity contribution < 1.29 is 23.8 Å². The van der Waals surface area contributed by atoms with Gasteiger partial charge in [0.1, 0.15) is 13.2 Å². The molecule has 2 saturated heterocycles. The fourth-order valence-corrected chi connectivity index (χ4v) is 5.12. The minimum absolute atomic E-state index is 0.0552. The number of hydrogen-bond acceptors (Lipinski definition) is 7. The molecular formula is C22H30N4O5. The summed E-state index contributed by atoms with van der Waals surface area (Å²) < 4.78 is 16.9. The van der Waals surface area contributed by atoms with Gasteiger partial charge in [0, 0.05) is 31.4 Å². The van der Waals surface area contributed by atoms with Crippen LogP contribution in [0, 0.1) is 5.92 Å². The largest absolute Gasteiger partial charge is 0.445 e. The first-order valence-corrected chi connectivity index (χ1v) is 11.2. The lowest BCUT2D eigenvalue weighted by Gasteiger charge is -2.34. The van der Waals surface area contributed by atoms with E-state index < -0.39 is 6.09 Å². The molecule has 168 valence electrons. The molecule has 1 aromatic carbocycles. The van der Waals surface area contributed by atoms with E-state index in [0.717, 1.165) is 42.5 Å². The van der Waals surface area contributed by atoms with Crippen LogP contribution in [0.15, 0.2) is 18.2 Å². The number of nitrogens with zero attached hydrogens (tertiary/aromatic N) is 1. The van der Waals surface area contributed by atoms with E-state index in [-0.39, 0.29) is 31.3 Å². The molecule has 9 heteroatoms. The highest BCUT2D eigenvalue weighted by Gasteiger charge is 2.41. The molecule has 3 heterocycles. The van der Waals surface area contributed by atoms with Crippen molar-refractivity contribution in [3.8, 4) is 0 Å². The quantitative estimate of drug-likeness (QED) is 0.619. The van der Waals surface area contributed by atoms with Gasteiger partial charge in [-0.25, -0.2) is 10.2 Å². The molecule has 1 aliphatic carbocycles. The van der Waals surface area contributed by atoms with Crippen molar-refractivity contribution in [1.29, 1.82) is 0 Å². The minimum atomic E-state index is -0.441. The molecule has 2 amide bonds. The van der Waals surface area contributed by atoms with Crippen LogP contribution in [-0.2, 0) is 25.6 Å². The Hall–Kier alpha value is -2.20. The molecule has 3 N–H and O–H groups in total. The first-order chi connectivity index (χ1) is 15.2. The highest BCUT2D eigenvalue weighted by molar-refractivity contribution is 5.95. The predicted octanol–water partition coefficient (Wildman–Crippen LogP) is 1.38. The molecule has 3 fully saturated rings. The van der Waals surface area contributed by atoms with Crippen molar-refractivity contribution >= 4 is 17.7 Å². The third kappa shape index (κ3) is 4.55. The van der Waals surface area contributed by atoms with E-state index >= 15 is 0 Å². The molecule has 4 atom stereocenters. The number of ether oxygens (including phenoxy) is 3. The van der Waals surface area contributed by atoms with E-state index in [4.69, 9.17) is 14.2 Å². The van der Waals surface area contributed by atoms with Crippen LogP contribution in [0.3, 0.4) is 0 Å². The summed E-state index contributed by atoms with van der Waals surface area (Å²) in [6.45, 7) is 2.42. The number of alkyl carbamates (subject to hydrolysis) is 1. The topological polar surface area (TPSA) is 101 Å². The monoisotopic (exact) mass is 430 g/mol. The standard InChI is InChI=1S/C22H30N4O5/c27-20-13-29-7-5-26(20)16-9-14-8-15(10-16)21-18-11-17(2-3-19(18)24-25-21)30-6-1-4-23-22(28)31-12-14/h8-10,17-19,21,24-25H,1-7,11-13H2,(H,23,28). The fraction of sp³-hybridized carbons (Fsp3) is 0.636. The number of fused-ring (bicyclic) bond motifs is 4. The molecule has 4 unspecified atom stereocenters. The van der Waals surface area contributed by atoms with Gasteiger partial charge in [-0.2, -0.15) is 0 Å². The molecule has 0 radical (unpaired) electrons. The van der Waals surface area contributed by atoms with Crippen LogP contribution in [0.1, 0.15) is 42.9 Å². The molecular weight excluding hydrogens is 400 g/mol. The van der Waals surface area contributed by atoms with Gasteiger partial charge in [-0.1, -0.05) is 6.07 Å². The van der Waals surface area contributed by atoms with Gasteiger partial charge in [0.05, 0.1) is 18.8 Å². The molecule has 31 heavy (non-hydrogen) atoms. The Morgan fingerprint density at radius 1 is 1.03 bits per heavy atom. The zero-order valence-corrected chi connectivity index (χ0v) is 17.6. The summed E-state index contributed by atoms with van der Waals surface area (Å²) in [7, 11) is 0. The van der Waals surface area contributed by atoms with Gasteiger partial charge in [-0.3, -0.25) is 10.2 Å². The van der Waals surface area contributed by atoms with Crippen LogP contribution in [0.2, 0.25) is 0 Å². The molecule has 0 spiro atoms. The van der Waals surface area contributed by atoms with Gasteiger partial charge in [-0.05, 0) is 54.9 Å². The number of nitrogens with one attached hydrogen (secondary N) is 3. The highest BCUT2D eigenvalue weighted by atomic mass is 16.5. The fourth-order valence-electron chi connectivity index (χ4n) is 5.12. The van der Waals surface area contributed by atoms with Gasteiger partial charge in [0.2, 0.25) is 0 Å². The zero-order valence-electron chi connectivity index (χ0n) is 17.6. The van der Waals surface area contributed by atoms with E-state index in [1.807, 2.05) is 6.07 Å². The maximum Gasteiger partial charge on any atom is 0.407 e. The molecule has 9 nitrogen and oxygen atoms in total. The van der Waals surface area contributed by atoms with Gasteiger partial charge < -0.3 is 24.4 Å². The van der Waals surface area contributed by atoms with E-state index in [1.165, 1.54) is 0 Å². The summed E-state index contributed by atoms with van der Waals surface area (Å²) in [4.78, 5) is 26.3. The third-order valence-corrected chi connectivity index (χ3v) is 6.67. The number of rotatable bonds is 1. The first kappa shape index (κ1) is 20.7. The zero-order chi connectivity index (χ0) is 21.2. The summed E-state index contributed by atoms with van der Waals surface area (Å²) in [5.74, 6) is 0.341. The summed E-state index contributed by atoms with van der Waals surface area (Å²) >= 11 is 0. The third-order valence-electron chi connectivity index (χ3n) is 6.67. The number of morpholine rings is 1. The van der Waals surface area contributed by atoms with Crippen molar-refractivity contribution in [3.05, 3.63) is 29.3 Å². The highest BCUT2D eigenvalue weighted by Crippen LogP contribution is 2.40. The molecule has 3 aliphatic heterocycles. The molecule has 1 saturated carbocycles. The van der Waals surface area contributed by atoms with Gasteiger partial charge >= 0.3 is 6.09 Å². The minimum Gasteiger partial charge on any atom is -0.445 e. The lowest BCUT2D eigenvalue weighted by Crippen LogP contribution is -2.41. The Morgan fingerprint density at radius 3 is 2.87 bits per heavy atom. The number of carbonyl (C=O) groups is 2. The second-order valence-electron chi connectivity index (χ2n) is 8.73. The Labute approximate surface area is 181 Å². The maximum atomic E-state index is 12.5. The molecule has 1 aromatic rings. The summed E-state index contributed by atoms with van der Waals surface area (Å²) in [6.07, 6.45) is 3.62. The normalized spacial score (nSPS) is 31.9. The smallest absolute Gasteiger partial charge is 0.407 e. The number of anilines is 1. The molecule has 4 bridgehead atoms. The van der Waals surface area contributed by atoms with Crippen molar-refractivity contribution in [2.75, 3.05) is 37.8 Å². The lowest BCUT2D eigenvalue weighted by molar-refractivity contribution is -0.125. The first-order valence-electron chi connectivity index (χ1n) is 11.2. The van der Waals surface area contributed by atoms with Crippen LogP contribution in [0.4, 0.5) is 10.5 Å². The predicted molar refractivity (Wildman–Crippen MR) is 112 cm³/mol. The van der Waals surface area contributed by atoms with Crippen LogP contribution >= 0.6 is 0 Å². The second kappa shape index (κ2) is 9.12. The average Bonchev–Trinajstić information content (AvgIpc) is 3.20. The molecule has 0 aromatic heterocycles. The van der Waals surface area contributed by atoms with Crippen LogP contribution < -0.4 is 21.1 Å². The number of carbonyl (C=O) groups excluding carboxylic acids is 2. The molecule has 4 aliphatic rings. The summed E-state index contributed by atoms with van der Waals surface area (Å²) in [5, 5.41) is 2.78. The van der Waals surface area contributed by atoms with Crippen LogP contribution in [0.5, 0.6) is 0 Å².